The SMILES string of the molecule is N#Cc1ccc(Oc2cccc(Cl)c2CO)cc1F. The molecule has 0 radical (unpaired) electrons. The summed E-state index contributed by atoms with van der Waals surface area (Å²) in [6, 6.07) is 10.5. The lowest BCUT2D eigenvalue weighted by Crippen LogP contribution is -1.94. The summed E-state index contributed by atoms with van der Waals surface area (Å²) in [5, 5.41) is 18.2. The molecular weight excluding hydrogens is 269 g/mol. The lowest BCUT2D eigenvalue weighted by atomic mass is 10.2. The second kappa shape index (κ2) is 5.70. The Hall–Kier alpha value is -2.09. The largest absolute Gasteiger partial charge is 0.457 e. The van der Waals surface area contributed by atoms with Crippen molar-refractivity contribution in [2.45, 2.75) is 6.61 Å². The van der Waals surface area contributed by atoms with Gasteiger partial charge in [0, 0.05) is 16.7 Å². The van der Waals surface area contributed by atoms with Crippen LogP contribution in [0.1, 0.15) is 11.1 Å². The minimum Gasteiger partial charge on any atom is -0.457 e. The zero-order valence-corrected chi connectivity index (χ0v) is 10.5. The standard InChI is InChI=1S/C14H9ClFNO2/c15-12-2-1-3-14(11(12)8-18)19-10-5-4-9(7-17)13(16)6-10/h1-6,18H,8H2. The predicted molar refractivity (Wildman–Crippen MR) is 68.6 cm³/mol. The van der Waals surface area contributed by atoms with E-state index in [1.807, 2.05) is 0 Å². The van der Waals surface area contributed by atoms with Gasteiger partial charge in [-0.05, 0) is 24.3 Å². The number of nitrogens with zero attached hydrogens (tertiary/aromatic N) is 1. The zero-order valence-electron chi connectivity index (χ0n) is 9.73. The smallest absolute Gasteiger partial charge is 0.144 e. The van der Waals surface area contributed by atoms with Gasteiger partial charge >= 0.3 is 0 Å². The van der Waals surface area contributed by atoms with Crippen molar-refractivity contribution in [3.8, 4) is 17.6 Å². The van der Waals surface area contributed by atoms with Crippen LogP contribution in [0, 0.1) is 17.1 Å². The van der Waals surface area contributed by atoms with E-state index in [-0.39, 0.29) is 17.9 Å². The summed E-state index contributed by atoms with van der Waals surface area (Å²) >= 11 is 5.92. The molecule has 0 amide bonds. The van der Waals surface area contributed by atoms with Crippen LogP contribution in [-0.2, 0) is 6.61 Å². The first-order valence-corrected chi connectivity index (χ1v) is 5.79. The molecule has 0 saturated carbocycles. The zero-order chi connectivity index (χ0) is 13.8. The lowest BCUT2D eigenvalue weighted by Gasteiger charge is -2.11. The molecule has 1 N–H and O–H groups in total. The van der Waals surface area contributed by atoms with E-state index in [0.29, 0.717) is 16.3 Å². The van der Waals surface area contributed by atoms with Crippen LogP contribution < -0.4 is 4.74 Å². The number of halogens is 2. The van der Waals surface area contributed by atoms with Crippen LogP contribution in [0.15, 0.2) is 36.4 Å². The minimum absolute atomic E-state index is 0.0548. The summed E-state index contributed by atoms with van der Waals surface area (Å²) in [6.07, 6.45) is 0. The third-order valence-corrected chi connectivity index (χ3v) is 2.88. The highest BCUT2D eigenvalue weighted by molar-refractivity contribution is 6.31. The van der Waals surface area contributed by atoms with Gasteiger partial charge < -0.3 is 9.84 Å². The van der Waals surface area contributed by atoms with E-state index in [0.717, 1.165) is 6.07 Å². The predicted octanol–water partition coefficient (Wildman–Crippen LogP) is 3.64. The molecule has 2 aromatic carbocycles. The van der Waals surface area contributed by atoms with Gasteiger partial charge in [0.15, 0.2) is 0 Å². The molecule has 2 aromatic rings. The molecule has 0 bridgehead atoms. The summed E-state index contributed by atoms with van der Waals surface area (Å²) in [5.74, 6) is -0.0832. The fourth-order valence-electron chi connectivity index (χ4n) is 1.56. The number of aliphatic hydroxyl groups excluding tert-OH is 1. The maximum atomic E-state index is 13.4. The lowest BCUT2D eigenvalue weighted by molar-refractivity contribution is 0.276. The summed E-state index contributed by atoms with van der Waals surface area (Å²) < 4.78 is 18.9. The summed E-state index contributed by atoms with van der Waals surface area (Å²) in [6.45, 7) is -0.284. The van der Waals surface area contributed by atoms with E-state index in [9.17, 15) is 9.50 Å². The van der Waals surface area contributed by atoms with E-state index >= 15 is 0 Å². The first-order valence-electron chi connectivity index (χ1n) is 5.41. The molecule has 0 aromatic heterocycles. The number of rotatable bonds is 3. The van der Waals surface area contributed by atoms with Gasteiger partial charge in [-0.2, -0.15) is 5.26 Å². The molecule has 0 heterocycles. The number of hydrogen-bond acceptors (Lipinski definition) is 3. The fourth-order valence-corrected chi connectivity index (χ4v) is 1.79. The molecule has 0 spiro atoms. The molecule has 0 atom stereocenters. The Balaban J connectivity index is 2.34. The normalized spacial score (nSPS) is 10.0. The van der Waals surface area contributed by atoms with Crippen molar-refractivity contribution >= 4 is 11.6 Å². The third-order valence-electron chi connectivity index (χ3n) is 2.52. The highest BCUT2D eigenvalue weighted by Gasteiger charge is 2.09. The Morgan fingerprint density at radius 3 is 2.74 bits per heavy atom. The highest BCUT2D eigenvalue weighted by Crippen LogP contribution is 2.31. The molecule has 5 heteroatoms. The van der Waals surface area contributed by atoms with Crippen LogP contribution >= 0.6 is 11.6 Å². The molecular formula is C14H9ClFNO2. The molecule has 0 aliphatic carbocycles. The number of benzene rings is 2. The second-order valence-electron chi connectivity index (χ2n) is 3.73. The van der Waals surface area contributed by atoms with Gasteiger partial charge in [0.1, 0.15) is 23.4 Å². The van der Waals surface area contributed by atoms with Crippen LogP contribution in [0.5, 0.6) is 11.5 Å². The van der Waals surface area contributed by atoms with Crippen molar-refractivity contribution in [3.63, 3.8) is 0 Å². The van der Waals surface area contributed by atoms with Gasteiger partial charge in [-0.15, -0.1) is 0 Å². The fraction of sp³-hybridized carbons (Fsp3) is 0.0714. The first kappa shape index (κ1) is 13.3. The maximum Gasteiger partial charge on any atom is 0.144 e. The summed E-state index contributed by atoms with van der Waals surface area (Å²) in [5.41, 5.74) is 0.370. The Morgan fingerprint density at radius 1 is 1.32 bits per heavy atom. The summed E-state index contributed by atoms with van der Waals surface area (Å²) in [4.78, 5) is 0. The molecule has 96 valence electrons. The van der Waals surface area contributed by atoms with Crippen molar-refractivity contribution in [2.75, 3.05) is 0 Å². The number of hydrogen-bond donors (Lipinski definition) is 1. The van der Waals surface area contributed by atoms with Crippen molar-refractivity contribution in [2.24, 2.45) is 0 Å². The van der Waals surface area contributed by atoms with E-state index in [2.05, 4.69) is 0 Å². The molecule has 2 rings (SSSR count). The average molecular weight is 278 g/mol. The number of ether oxygens (including phenoxy) is 1. The average Bonchev–Trinajstić information content (AvgIpc) is 2.39. The van der Waals surface area contributed by atoms with Crippen LogP contribution in [0.3, 0.4) is 0 Å². The van der Waals surface area contributed by atoms with Crippen molar-refractivity contribution < 1.29 is 14.2 Å². The monoisotopic (exact) mass is 277 g/mol. The molecule has 0 unspecified atom stereocenters. The van der Waals surface area contributed by atoms with Crippen LogP contribution in [0.25, 0.3) is 0 Å². The van der Waals surface area contributed by atoms with Crippen LogP contribution in [0.2, 0.25) is 5.02 Å². The van der Waals surface area contributed by atoms with Crippen LogP contribution in [-0.4, -0.2) is 5.11 Å². The molecule has 0 aliphatic heterocycles. The molecule has 0 fully saturated rings. The van der Waals surface area contributed by atoms with Crippen LogP contribution in [0.4, 0.5) is 4.39 Å². The summed E-state index contributed by atoms with van der Waals surface area (Å²) in [7, 11) is 0. The minimum atomic E-state index is -0.660. The molecule has 0 saturated heterocycles. The molecule has 19 heavy (non-hydrogen) atoms. The molecule has 0 aliphatic rings. The van der Waals surface area contributed by atoms with E-state index in [4.69, 9.17) is 21.6 Å². The highest BCUT2D eigenvalue weighted by atomic mass is 35.5. The Labute approximate surface area is 114 Å². The number of nitriles is 1. The first-order chi connectivity index (χ1) is 9.15. The van der Waals surface area contributed by atoms with Gasteiger partial charge in [-0.3, -0.25) is 0 Å². The number of aliphatic hydroxyl groups is 1. The Bertz CT molecular complexity index is 652. The topological polar surface area (TPSA) is 53.2 Å². The van der Waals surface area contributed by atoms with E-state index in [1.165, 1.54) is 12.1 Å². The van der Waals surface area contributed by atoms with Gasteiger partial charge in [0.25, 0.3) is 0 Å². The maximum absolute atomic E-state index is 13.4. The van der Waals surface area contributed by atoms with Crippen molar-refractivity contribution in [1.29, 1.82) is 5.26 Å². The van der Waals surface area contributed by atoms with E-state index < -0.39 is 5.82 Å². The van der Waals surface area contributed by atoms with Crippen molar-refractivity contribution in [1.82, 2.24) is 0 Å². The Morgan fingerprint density at radius 2 is 2.11 bits per heavy atom. The van der Waals surface area contributed by atoms with E-state index in [1.54, 1.807) is 24.3 Å². The quantitative estimate of drug-likeness (QED) is 0.932. The van der Waals surface area contributed by atoms with Gasteiger partial charge in [-0.25, -0.2) is 4.39 Å². The van der Waals surface area contributed by atoms with Gasteiger partial charge in [0.05, 0.1) is 12.2 Å². The Kier molecular flexibility index (Phi) is 4.00. The van der Waals surface area contributed by atoms with Crippen molar-refractivity contribution in [3.05, 3.63) is 58.4 Å². The second-order valence-corrected chi connectivity index (χ2v) is 4.14. The van der Waals surface area contributed by atoms with Gasteiger partial charge in [0.2, 0.25) is 0 Å². The third kappa shape index (κ3) is 2.84. The molecule has 3 nitrogen and oxygen atoms in total. The van der Waals surface area contributed by atoms with Gasteiger partial charge in [-0.1, -0.05) is 17.7 Å².